The number of aryl methyl sites for hydroxylation is 1. The smallest absolute Gasteiger partial charge is 0.0124 e. The number of benzene rings is 1. The first-order valence-corrected chi connectivity index (χ1v) is 8.75. The Morgan fingerprint density at radius 1 is 0.842 bits per heavy atom. The SMILES string of the molecule is CCCCCCCCCCc1scc2ccccc12. The van der Waals surface area contributed by atoms with Gasteiger partial charge in [-0.3, -0.25) is 0 Å². The minimum atomic E-state index is 1.27. The number of thiophene rings is 1. The topological polar surface area (TPSA) is 0 Å². The van der Waals surface area contributed by atoms with Gasteiger partial charge >= 0.3 is 0 Å². The molecule has 2 rings (SSSR count). The maximum atomic E-state index is 2.30. The van der Waals surface area contributed by atoms with Crippen LogP contribution in [0.15, 0.2) is 29.6 Å². The monoisotopic (exact) mass is 274 g/mol. The Morgan fingerprint density at radius 3 is 2.32 bits per heavy atom. The first-order valence-electron chi connectivity index (χ1n) is 7.87. The summed E-state index contributed by atoms with van der Waals surface area (Å²) in [4.78, 5) is 1.58. The molecule has 0 nitrogen and oxygen atoms in total. The lowest BCUT2D eigenvalue weighted by Gasteiger charge is -2.01. The van der Waals surface area contributed by atoms with Crippen molar-refractivity contribution in [2.45, 2.75) is 64.7 Å². The lowest BCUT2D eigenvalue weighted by molar-refractivity contribution is 0.576. The lowest BCUT2D eigenvalue weighted by Crippen LogP contribution is -1.84. The average Bonchev–Trinajstić information content (AvgIpc) is 2.85. The van der Waals surface area contributed by atoms with E-state index in [1.165, 1.54) is 68.6 Å². The van der Waals surface area contributed by atoms with Crippen LogP contribution in [0.3, 0.4) is 0 Å². The maximum Gasteiger partial charge on any atom is 0.0124 e. The van der Waals surface area contributed by atoms with E-state index >= 15 is 0 Å². The van der Waals surface area contributed by atoms with Crippen molar-refractivity contribution in [3.8, 4) is 0 Å². The second-order valence-corrected chi connectivity index (χ2v) is 6.44. The van der Waals surface area contributed by atoms with Gasteiger partial charge in [0.2, 0.25) is 0 Å². The molecule has 0 aliphatic heterocycles. The van der Waals surface area contributed by atoms with Gasteiger partial charge in [-0.25, -0.2) is 0 Å². The summed E-state index contributed by atoms with van der Waals surface area (Å²) < 4.78 is 0. The molecule has 0 spiro atoms. The fourth-order valence-corrected chi connectivity index (χ4v) is 3.71. The highest BCUT2D eigenvalue weighted by Gasteiger charge is 2.02. The molecular weight excluding hydrogens is 248 g/mol. The van der Waals surface area contributed by atoms with Crippen LogP contribution in [0.4, 0.5) is 0 Å². The predicted octanol–water partition coefficient (Wildman–Crippen LogP) is 6.58. The summed E-state index contributed by atoms with van der Waals surface area (Å²) in [5, 5.41) is 5.20. The molecule has 0 bridgehead atoms. The van der Waals surface area contributed by atoms with E-state index in [2.05, 4.69) is 36.6 Å². The van der Waals surface area contributed by atoms with Gasteiger partial charge < -0.3 is 0 Å². The Hall–Kier alpha value is -0.820. The molecule has 0 radical (unpaired) electrons. The van der Waals surface area contributed by atoms with Crippen molar-refractivity contribution in [1.29, 1.82) is 0 Å². The Labute approximate surface area is 121 Å². The standard InChI is InChI=1S/C18H26S/c1-2-3-4-5-6-7-8-9-14-18-17-13-11-10-12-16(17)15-19-18/h10-13,15H,2-9,14H2,1H3. The number of rotatable bonds is 9. The van der Waals surface area contributed by atoms with Gasteiger partial charge in [0, 0.05) is 4.88 Å². The lowest BCUT2D eigenvalue weighted by atomic mass is 10.1. The third kappa shape index (κ3) is 4.65. The summed E-state index contributed by atoms with van der Waals surface area (Å²) in [5.41, 5.74) is 0. The molecule has 0 aliphatic carbocycles. The molecule has 104 valence electrons. The molecule has 1 aromatic carbocycles. The average molecular weight is 274 g/mol. The van der Waals surface area contributed by atoms with Crippen LogP contribution in [0.2, 0.25) is 0 Å². The van der Waals surface area contributed by atoms with Crippen LogP contribution in [0.5, 0.6) is 0 Å². The number of hydrogen-bond donors (Lipinski definition) is 0. The number of fused-ring (bicyclic) bond motifs is 1. The van der Waals surface area contributed by atoms with Crippen molar-refractivity contribution in [2.24, 2.45) is 0 Å². The zero-order valence-electron chi connectivity index (χ0n) is 12.2. The Morgan fingerprint density at radius 2 is 1.53 bits per heavy atom. The van der Waals surface area contributed by atoms with Gasteiger partial charge in [0.25, 0.3) is 0 Å². The van der Waals surface area contributed by atoms with Crippen LogP contribution in [0, 0.1) is 0 Å². The van der Waals surface area contributed by atoms with Gasteiger partial charge in [0.1, 0.15) is 0 Å². The molecule has 1 heteroatoms. The second-order valence-electron chi connectivity index (χ2n) is 5.47. The summed E-state index contributed by atoms with van der Waals surface area (Å²) in [6, 6.07) is 8.79. The summed E-state index contributed by atoms with van der Waals surface area (Å²) in [7, 11) is 0. The molecule has 0 unspecified atom stereocenters. The van der Waals surface area contributed by atoms with Crippen molar-refractivity contribution in [3.05, 3.63) is 34.5 Å². The van der Waals surface area contributed by atoms with E-state index in [9.17, 15) is 0 Å². The van der Waals surface area contributed by atoms with E-state index in [0.717, 1.165) is 0 Å². The molecule has 19 heavy (non-hydrogen) atoms. The number of hydrogen-bond acceptors (Lipinski definition) is 1. The zero-order valence-corrected chi connectivity index (χ0v) is 13.0. The Kier molecular flexibility index (Phi) is 6.43. The predicted molar refractivity (Wildman–Crippen MR) is 88.1 cm³/mol. The van der Waals surface area contributed by atoms with Gasteiger partial charge in [-0.1, -0.05) is 76.1 Å². The minimum Gasteiger partial charge on any atom is -0.148 e. The van der Waals surface area contributed by atoms with Crippen molar-refractivity contribution in [2.75, 3.05) is 0 Å². The van der Waals surface area contributed by atoms with E-state index in [-0.39, 0.29) is 0 Å². The highest BCUT2D eigenvalue weighted by atomic mass is 32.1. The second kappa shape index (κ2) is 8.37. The van der Waals surface area contributed by atoms with Gasteiger partial charge in [-0.2, -0.15) is 0 Å². The molecule has 1 heterocycles. The summed E-state index contributed by atoms with van der Waals surface area (Å²) in [6.45, 7) is 2.28. The minimum absolute atomic E-state index is 1.27. The normalized spacial score (nSPS) is 11.2. The van der Waals surface area contributed by atoms with Crippen LogP contribution < -0.4 is 0 Å². The highest BCUT2D eigenvalue weighted by molar-refractivity contribution is 7.11. The van der Waals surface area contributed by atoms with Crippen LogP contribution in [-0.2, 0) is 6.42 Å². The summed E-state index contributed by atoms with van der Waals surface area (Å²) in [6.07, 6.45) is 12.5. The zero-order chi connectivity index (χ0) is 13.3. The Balaban J connectivity index is 1.63. The largest absolute Gasteiger partial charge is 0.148 e. The molecule has 1 aromatic heterocycles. The van der Waals surface area contributed by atoms with Crippen molar-refractivity contribution < 1.29 is 0 Å². The van der Waals surface area contributed by atoms with Crippen molar-refractivity contribution in [3.63, 3.8) is 0 Å². The van der Waals surface area contributed by atoms with Crippen LogP contribution in [0.1, 0.15) is 63.2 Å². The van der Waals surface area contributed by atoms with E-state index in [1.807, 2.05) is 11.3 Å². The van der Waals surface area contributed by atoms with Gasteiger partial charge in [0.15, 0.2) is 0 Å². The molecule has 2 aromatic rings. The molecule has 0 saturated heterocycles. The van der Waals surface area contributed by atoms with E-state index in [0.29, 0.717) is 0 Å². The van der Waals surface area contributed by atoms with Crippen molar-refractivity contribution in [1.82, 2.24) is 0 Å². The molecule has 0 fully saturated rings. The van der Waals surface area contributed by atoms with Gasteiger partial charge in [0.05, 0.1) is 0 Å². The quantitative estimate of drug-likeness (QED) is 0.453. The number of unbranched alkanes of at least 4 members (excludes halogenated alkanes) is 7. The maximum absolute atomic E-state index is 2.30. The molecular formula is C18H26S. The molecule has 0 aliphatic rings. The molecule has 0 saturated carbocycles. The van der Waals surface area contributed by atoms with Crippen LogP contribution in [-0.4, -0.2) is 0 Å². The van der Waals surface area contributed by atoms with Gasteiger partial charge in [-0.05, 0) is 29.0 Å². The fourth-order valence-electron chi connectivity index (χ4n) is 2.66. The van der Waals surface area contributed by atoms with Crippen LogP contribution in [0.25, 0.3) is 10.8 Å². The van der Waals surface area contributed by atoms with E-state index in [1.54, 1.807) is 4.88 Å². The summed E-state index contributed by atoms with van der Waals surface area (Å²) >= 11 is 1.94. The van der Waals surface area contributed by atoms with Crippen LogP contribution >= 0.6 is 11.3 Å². The molecule has 0 amide bonds. The summed E-state index contributed by atoms with van der Waals surface area (Å²) in [5.74, 6) is 0. The van der Waals surface area contributed by atoms with Crippen molar-refractivity contribution >= 4 is 22.1 Å². The molecule has 0 atom stereocenters. The van der Waals surface area contributed by atoms with E-state index < -0.39 is 0 Å². The third-order valence-electron chi connectivity index (χ3n) is 3.85. The first-order chi connectivity index (χ1) is 9.42. The highest BCUT2D eigenvalue weighted by Crippen LogP contribution is 2.27. The van der Waals surface area contributed by atoms with Gasteiger partial charge in [-0.15, -0.1) is 11.3 Å². The first kappa shape index (κ1) is 14.6. The Bertz CT molecular complexity index is 469. The molecule has 0 N–H and O–H groups in total. The fraction of sp³-hybridized carbons (Fsp3) is 0.556. The van der Waals surface area contributed by atoms with E-state index in [4.69, 9.17) is 0 Å². The third-order valence-corrected chi connectivity index (χ3v) is 4.93.